The van der Waals surface area contributed by atoms with Gasteiger partial charge in [-0.05, 0) is 6.92 Å². The number of ether oxygens (including phenoxy) is 2. The summed E-state index contributed by atoms with van der Waals surface area (Å²) < 4.78 is 10.8. The highest BCUT2D eigenvalue weighted by molar-refractivity contribution is 5.76. The Morgan fingerprint density at radius 3 is 2.67 bits per heavy atom. The quantitative estimate of drug-likeness (QED) is 0.679. The summed E-state index contributed by atoms with van der Waals surface area (Å²) >= 11 is 0. The zero-order chi connectivity index (χ0) is 11.3. The van der Waals surface area contributed by atoms with Gasteiger partial charge in [-0.1, -0.05) is 0 Å². The Morgan fingerprint density at radius 1 is 1.47 bits per heavy atom. The summed E-state index contributed by atoms with van der Waals surface area (Å²) in [6.45, 7) is 4.21. The summed E-state index contributed by atoms with van der Waals surface area (Å²) in [4.78, 5) is 13.4. The number of methoxy groups -OCH3 is 1. The zero-order valence-electron chi connectivity index (χ0n) is 9.44. The molecule has 0 aromatic heterocycles. The van der Waals surface area contributed by atoms with Gasteiger partial charge in [0, 0.05) is 39.8 Å². The van der Waals surface area contributed by atoms with Crippen molar-refractivity contribution in [2.24, 2.45) is 5.73 Å². The SMILES string of the molecule is CCOC1CN(C(=O)CCN)CC1OC. The Bertz CT molecular complexity index is 211. The molecular weight excluding hydrogens is 196 g/mol. The number of nitrogens with zero attached hydrogens (tertiary/aromatic N) is 1. The van der Waals surface area contributed by atoms with E-state index >= 15 is 0 Å². The molecule has 2 N–H and O–H groups in total. The number of carbonyl (C=O) groups is 1. The average Bonchev–Trinajstić information content (AvgIpc) is 2.62. The van der Waals surface area contributed by atoms with Gasteiger partial charge < -0.3 is 20.1 Å². The summed E-state index contributed by atoms with van der Waals surface area (Å²) in [5.41, 5.74) is 5.35. The van der Waals surface area contributed by atoms with Crippen molar-refractivity contribution >= 4 is 5.91 Å². The molecule has 5 nitrogen and oxygen atoms in total. The summed E-state index contributed by atoms with van der Waals surface area (Å²) in [5.74, 6) is 0.0850. The van der Waals surface area contributed by atoms with Crippen LogP contribution in [0.4, 0.5) is 0 Å². The second kappa shape index (κ2) is 6.05. The Hall–Kier alpha value is -0.650. The van der Waals surface area contributed by atoms with Gasteiger partial charge >= 0.3 is 0 Å². The fraction of sp³-hybridized carbons (Fsp3) is 0.900. The van der Waals surface area contributed by atoms with Crippen LogP contribution in [0.25, 0.3) is 0 Å². The monoisotopic (exact) mass is 216 g/mol. The molecular formula is C10H20N2O3. The van der Waals surface area contributed by atoms with Crippen molar-refractivity contribution in [3.63, 3.8) is 0 Å². The Kier molecular flexibility index (Phi) is 5.01. The first-order chi connectivity index (χ1) is 7.22. The number of carbonyl (C=O) groups excluding carboxylic acids is 1. The average molecular weight is 216 g/mol. The fourth-order valence-corrected chi connectivity index (χ4v) is 1.83. The predicted octanol–water partition coefficient (Wildman–Crippen LogP) is -0.402. The maximum absolute atomic E-state index is 11.6. The van der Waals surface area contributed by atoms with Crippen LogP contribution in [0.2, 0.25) is 0 Å². The minimum absolute atomic E-state index is 0.00160. The van der Waals surface area contributed by atoms with Gasteiger partial charge in [-0.25, -0.2) is 0 Å². The molecule has 0 spiro atoms. The first kappa shape index (κ1) is 12.4. The molecule has 1 saturated heterocycles. The molecule has 0 bridgehead atoms. The van der Waals surface area contributed by atoms with Crippen molar-refractivity contribution in [2.45, 2.75) is 25.6 Å². The van der Waals surface area contributed by atoms with Crippen LogP contribution >= 0.6 is 0 Å². The smallest absolute Gasteiger partial charge is 0.224 e. The highest BCUT2D eigenvalue weighted by Crippen LogP contribution is 2.16. The van der Waals surface area contributed by atoms with Gasteiger partial charge in [0.25, 0.3) is 0 Å². The van der Waals surface area contributed by atoms with E-state index in [4.69, 9.17) is 15.2 Å². The van der Waals surface area contributed by atoms with Crippen molar-refractivity contribution < 1.29 is 14.3 Å². The first-order valence-electron chi connectivity index (χ1n) is 5.35. The van der Waals surface area contributed by atoms with Gasteiger partial charge in [0.2, 0.25) is 5.91 Å². The topological polar surface area (TPSA) is 64.8 Å². The van der Waals surface area contributed by atoms with E-state index in [9.17, 15) is 4.79 Å². The summed E-state index contributed by atoms with van der Waals surface area (Å²) in [6.07, 6.45) is 0.392. The molecule has 0 saturated carbocycles. The third kappa shape index (κ3) is 3.15. The number of likely N-dealkylation sites (tertiary alicyclic amines) is 1. The number of hydrogen-bond donors (Lipinski definition) is 1. The molecule has 5 heteroatoms. The van der Waals surface area contributed by atoms with Gasteiger partial charge in [0.15, 0.2) is 0 Å². The lowest BCUT2D eigenvalue weighted by Crippen LogP contribution is -2.31. The minimum Gasteiger partial charge on any atom is -0.377 e. The van der Waals surface area contributed by atoms with Gasteiger partial charge in [-0.15, -0.1) is 0 Å². The first-order valence-corrected chi connectivity index (χ1v) is 5.35. The van der Waals surface area contributed by atoms with Crippen LogP contribution in [-0.4, -0.2) is 56.4 Å². The van der Waals surface area contributed by atoms with Crippen LogP contribution in [0, 0.1) is 0 Å². The molecule has 2 atom stereocenters. The largest absolute Gasteiger partial charge is 0.377 e. The maximum Gasteiger partial charge on any atom is 0.224 e. The predicted molar refractivity (Wildman–Crippen MR) is 56.5 cm³/mol. The number of nitrogens with two attached hydrogens (primary N) is 1. The van der Waals surface area contributed by atoms with Crippen molar-refractivity contribution in [3.8, 4) is 0 Å². The molecule has 0 radical (unpaired) electrons. The van der Waals surface area contributed by atoms with E-state index in [-0.39, 0.29) is 18.1 Å². The third-order valence-corrected chi connectivity index (χ3v) is 2.61. The lowest BCUT2D eigenvalue weighted by atomic mass is 10.2. The normalized spacial score (nSPS) is 25.9. The second-order valence-electron chi connectivity index (χ2n) is 3.61. The third-order valence-electron chi connectivity index (χ3n) is 2.61. The molecule has 1 amide bonds. The molecule has 88 valence electrons. The minimum atomic E-state index is -0.00771. The van der Waals surface area contributed by atoms with E-state index in [1.807, 2.05) is 6.92 Å². The summed E-state index contributed by atoms with van der Waals surface area (Å²) in [6, 6.07) is 0. The molecule has 2 unspecified atom stereocenters. The lowest BCUT2D eigenvalue weighted by molar-refractivity contribution is -0.130. The molecule has 0 aliphatic carbocycles. The molecule has 1 aliphatic heterocycles. The molecule has 0 aromatic rings. The van der Waals surface area contributed by atoms with Crippen LogP contribution in [0.5, 0.6) is 0 Å². The van der Waals surface area contributed by atoms with Gasteiger partial charge in [0.05, 0.1) is 0 Å². The number of amides is 1. The van der Waals surface area contributed by atoms with E-state index in [2.05, 4.69) is 0 Å². The molecule has 1 fully saturated rings. The molecule has 1 aliphatic rings. The molecule has 1 heterocycles. The van der Waals surface area contributed by atoms with E-state index in [0.29, 0.717) is 32.7 Å². The number of rotatable bonds is 5. The Morgan fingerprint density at radius 2 is 2.13 bits per heavy atom. The highest BCUT2D eigenvalue weighted by atomic mass is 16.5. The highest BCUT2D eigenvalue weighted by Gasteiger charge is 2.35. The van der Waals surface area contributed by atoms with Gasteiger partial charge in [-0.3, -0.25) is 4.79 Å². The summed E-state index contributed by atoms with van der Waals surface area (Å²) in [7, 11) is 1.65. The standard InChI is InChI=1S/C10H20N2O3/c1-3-15-9-7-12(6-8(9)14-2)10(13)4-5-11/h8-9H,3-7,11H2,1-2H3. The fourth-order valence-electron chi connectivity index (χ4n) is 1.83. The molecule has 1 rings (SSSR count). The van der Waals surface area contributed by atoms with E-state index in [1.54, 1.807) is 12.0 Å². The van der Waals surface area contributed by atoms with Crippen molar-refractivity contribution in [1.82, 2.24) is 4.90 Å². The zero-order valence-corrected chi connectivity index (χ0v) is 9.44. The maximum atomic E-state index is 11.6. The van der Waals surface area contributed by atoms with Crippen LogP contribution in [-0.2, 0) is 14.3 Å². The van der Waals surface area contributed by atoms with Crippen molar-refractivity contribution in [1.29, 1.82) is 0 Å². The number of hydrogen-bond acceptors (Lipinski definition) is 4. The Balaban J connectivity index is 2.48. The van der Waals surface area contributed by atoms with Crippen LogP contribution in [0.1, 0.15) is 13.3 Å². The summed E-state index contributed by atoms with van der Waals surface area (Å²) in [5, 5.41) is 0. The molecule has 15 heavy (non-hydrogen) atoms. The Labute approximate surface area is 90.5 Å². The van der Waals surface area contributed by atoms with E-state index in [1.165, 1.54) is 0 Å². The van der Waals surface area contributed by atoms with E-state index in [0.717, 1.165) is 0 Å². The molecule has 0 aromatic carbocycles. The van der Waals surface area contributed by atoms with Gasteiger partial charge in [-0.2, -0.15) is 0 Å². The van der Waals surface area contributed by atoms with E-state index < -0.39 is 0 Å². The van der Waals surface area contributed by atoms with Crippen molar-refractivity contribution in [2.75, 3.05) is 33.4 Å². The van der Waals surface area contributed by atoms with Crippen LogP contribution < -0.4 is 5.73 Å². The lowest BCUT2D eigenvalue weighted by Gasteiger charge is -2.15. The van der Waals surface area contributed by atoms with Gasteiger partial charge in [0.1, 0.15) is 12.2 Å². The van der Waals surface area contributed by atoms with Crippen molar-refractivity contribution in [3.05, 3.63) is 0 Å². The van der Waals surface area contributed by atoms with Crippen LogP contribution in [0.15, 0.2) is 0 Å². The second-order valence-corrected chi connectivity index (χ2v) is 3.61. The van der Waals surface area contributed by atoms with Crippen LogP contribution in [0.3, 0.4) is 0 Å².